The van der Waals surface area contributed by atoms with Crippen LogP contribution in [0.3, 0.4) is 0 Å². The minimum absolute atomic E-state index is 0.0714. The molecule has 1 aliphatic rings. The molecule has 0 saturated heterocycles. The van der Waals surface area contributed by atoms with Crippen molar-refractivity contribution in [2.75, 3.05) is 0 Å². The summed E-state index contributed by atoms with van der Waals surface area (Å²) < 4.78 is 0. The molecular formula is C14H16O4. The Kier molecular flexibility index (Phi) is 3.36. The van der Waals surface area contributed by atoms with Crippen LogP contribution in [0.5, 0.6) is 0 Å². The quantitative estimate of drug-likeness (QED) is 0.862. The smallest absolute Gasteiger partial charge is 0.336 e. The summed E-state index contributed by atoms with van der Waals surface area (Å²) in [7, 11) is 0. The lowest BCUT2D eigenvalue weighted by Gasteiger charge is -2.17. The van der Waals surface area contributed by atoms with Gasteiger partial charge in [-0.25, -0.2) is 9.59 Å². The van der Waals surface area contributed by atoms with Crippen LogP contribution in [-0.2, 0) is 0 Å². The van der Waals surface area contributed by atoms with Crippen molar-refractivity contribution in [2.45, 2.75) is 38.5 Å². The van der Waals surface area contributed by atoms with E-state index in [2.05, 4.69) is 0 Å². The fourth-order valence-corrected chi connectivity index (χ4v) is 2.84. The Hall–Kier alpha value is -1.84. The van der Waals surface area contributed by atoms with E-state index in [1.54, 1.807) is 13.0 Å². The summed E-state index contributed by atoms with van der Waals surface area (Å²) in [6.45, 7) is 1.72. The largest absolute Gasteiger partial charge is 0.478 e. The van der Waals surface area contributed by atoms with Crippen LogP contribution in [0, 0.1) is 6.92 Å². The van der Waals surface area contributed by atoms with E-state index in [0.717, 1.165) is 25.7 Å². The van der Waals surface area contributed by atoms with Crippen molar-refractivity contribution >= 4 is 11.9 Å². The van der Waals surface area contributed by atoms with Gasteiger partial charge in [0.25, 0.3) is 0 Å². The number of benzene rings is 1. The van der Waals surface area contributed by atoms with Crippen LogP contribution < -0.4 is 0 Å². The van der Waals surface area contributed by atoms with Crippen molar-refractivity contribution in [1.29, 1.82) is 0 Å². The van der Waals surface area contributed by atoms with E-state index in [-0.39, 0.29) is 17.0 Å². The minimum Gasteiger partial charge on any atom is -0.478 e. The lowest BCUT2D eigenvalue weighted by Crippen LogP contribution is -2.14. The summed E-state index contributed by atoms with van der Waals surface area (Å²) >= 11 is 0. The Bertz CT molecular complexity index is 499. The van der Waals surface area contributed by atoms with Gasteiger partial charge in [-0.2, -0.15) is 0 Å². The molecule has 0 aliphatic heterocycles. The predicted molar refractivity (Wildman–Crippen MR) is 66.3 cm³/mol. The molecule has 0 heterocycles. The topological polar surface area (TPSA) is 74.6 Å². The molecule has 1 aromatic rings. The maximum atomic E-state index is 11.4. The molecule has 1 aliphatic carbocycles. The predicted octanol–water partition coefficient (Wildman–Crippen LogP) is 3.05. The van der Waals surface area contributed by atoms with Crippen LogP contribution >= 0.6 is 0 Å². The Labute approximate surface area is 105 Å². The highest BCUT2D eigenvalue weighted by Crippen LogP contribution is 2.38. The van der Waals surface area contributed by atoms with Gasteiger partial charge in [-0.1, -0.05) is 18.9 Å². The molecule has 4 nitrogen and oxygen atoms in total. The lowest BCUT2D eigenvalue weighted by molar-refractivity contribution is 0.0694. The average Bonchev–Trinajstić information content (AvgIpc) is 2.80. The summed E-state index contributed by atoms with van der Waals surface area (Å²) in [6.07, 6.45) is 3.83. The molecule has 1 aromatic carbocycles. The van der Waals surface area contributed by atoms with Crippen molar-refractivity contribution in [3.63, 3.8) is 0 Å². The summed E-state index contributed by atoms with van der Waals surface area (Å²) in [6, 6.07) is 3.10. The van der Waals surface area contributed by atoms with Gasteiger partial charge in [0.15, 0.2) is 0 Å². The number of carboxylic acid groups (broad SMARTS) is 2. The zero-order valence-electron chi connectivity index (χ0n) is 10.3. The second-order valence-corrected chi connectivity index (χ2v) is 4.81. The van der Waals surface area contributed by atoms with E-state index in [9.17, 15) is 19.8 Å². The number of aromatic carboxylic acids is 2. The first kappa shape index (κ1) is 12.6. The van der Waals surface area contributed by atoms with Crippen LogP contribution in [0.25, 0.3) is 0 Å². The van der Waals surface area contributed by atoms with Gasteiger partial charge in [-0.15, -0.1) is 0 Å². The molecule has 0 bridgehead atoms. The van der Waals surface area contributed by atoms with Gasteiger partial charge in [0.2, 0.25) is 0 Å². The number of aryl methyl sites for hydroxylation is 1. The summed E-state index contributed by atoms with van der Waals surface area (Å²) in [5.74, 6) is -2.00. The molecule has 1 saturated carbocycles. The van der Waals surface area contributed by atoms with Crippen molar-refractivity contribution in [1.82, 2.24) is 0 Å². The van der Waals surface area contributed by atoms with Crippen molar-refractivity contribution in [2.24, 2.45) is 0 Å². The van der Waals surface area contributed by atoms with Crippen LogP contribution in [0.1, 0.15) is 63.4 Å². The fourth-order valence-electron chi connectivity index (χ4n) is 2.84. The van der Waals surface area contributed by atoms with E-state index >= 15 is 0 Å². The fraction of sp³-hybridized carbons (Fsp3) is 0.429. The molecule has 0 radical (unpaired) electrons. The maximum Gasteiger partial charge on any atom is 0.336 e. The molecule has 0 aromatic heterocycles. The van der Waals surface area contributed by atoms with Gasteiger partial charge >= 0.3 is 11.9 Å². The molecule has 96 valence electrons. The maximum absolute atomic E-state index is 11.4. The summed E-state index contributed by atoms with van der Waals surface area (Å²) in [5, 5.41) is 18.6. The van der Waals surface area contributed by atoms with Gasteiger partial charge in [-0.05, 0) is 42.9 Å². The first-order chi connectivity index (χ1) is 8.52. The molecule has 1 fully saturated rings. The van der Waals surface area contributed by atoms with E-state index < -0.39 is 11.9 Å². The third kappa shape index (κ3) is 2.10. The highest BCUT2D eigenvalue weighted by Gasteiger charge is 2.28. The van der Waals surface area contributed by atoms with Crippen molar-refractivity contribution < 1.29 is 19.8 Å². The summed E-state index contributed by atoms with van der Waals surface area (Å²) in [4.78, 5) is 22.7. The second-order valence-electron chi connectivity index (χ2n) is 4.81. The molecular weight excluding hydrogens is 232 g/mol. The van der Waals surface area contributed by atoms with Crippen molar-refractivity contribution in [3.8, 4) is 0 Å². The number of hydrogen-bond donors (Lipinski definition) is 2. The van der Waals surface area contributed by atoms with Gasteiger partial charge in [0, 0.05) is 0 Å². The molecule has 0 amide bonds. The molecule has 2 rings (SSSR count). The van der Waals surface area contributed by atoms with Crippen LogP contribution in [0.2, 0.25) is 0 Å². The minimum atomic E-state index is -1.04. The molecule has 0 unspecified atom stereocenters. The van der Waals surface area contributed by atoms with Gasteiger partial charge < -0.3 is 10.2 Å². The van der Waals surface area contributed by atoms with Gasteiger partial charge in [0.1, 0.15) is 0 Å². The monoisotopic (exact) mass is 248 g/mol. The van der Waals surface area contributed by atoms with Crippen LogP contribution in [0.4, 0.5) is 0 Å². The zero-order chi connectivity index (χ0) is 13.3. The normalized spacial score (nSPS) is 15.8. The molecule has 18 heavy (non-hydrogen) atoms. The van der Waals surface area contributed by atoms with E-state index in [4.69, 9.17) is 0 Å². The molecule has 0 spiro atoms. The van der Waals surface area contributed by atoms with Crippen LogP contribution in [-0.4, -0.2) is 22.2 Å². The van der Waals surface area contributed by atoms with Gasteiger partial charge in [0.05, 0.1) is 11.1 Å². The molecule has 4 heteroatoms. The SMILES string of the molecule is Cc1ccc(C(=O)O)c(C2CCCC2)c1C(=O)O. The molecule has 2 N–H and O–H groups in total. The molecule has 0 atom stereocenters. The number of rotatable bonds is 3. The van der Waals surface area contributed by atoms with E-state index in [1.807, 2.05) is 0 Å². The van der Waals surface area contributed by atoms with Crippen LogP contribution in [0.15, 0.2) is 12.1 Å². The number of hydrogen-bond acceptors (Lipinski definition) is 2. The lowest BCUT2D eigenvalue weighted by atomic mass is 9.86. The second kappa shape index (κ2) is 4.80. The van der Waals surface area contributed by atoms with E-state index in [0.29, 0.717) is 11.1 Å². The first-order valence-corrected chi connectivity index (χ1v) is 6.12. The van der Waals surface area contributed by atoms with E-state index in [1.165, 1.54) is 6.07 Å². The highest BCUT2D eigenvalue weighted by atomic mass is 16.4. The third-order valence-corrected chi connectivity index (χ3v) is 3.66. The first-order valence-electron chi connectivity index (χ1n) is 6.12. The Morgan fingerprint density at radius 1 is 1.11 bits per heavy atom. The third-order valence-electron chi connectivity index (χ3n) is 3.66. The zero-order valence-corrected chi connectivity index (χ0v) is 10.3. The Balaban J connectivity index is 2.66. The summed E-state index contributed by atoms with van der Waals surface area (Å²) in [5.41, 5.74) is 1.48. The standard InChI is InChI=1S/C14H16O4/c1-8-6-7-10(13(15)16)12(11(8)14(17)18)9-4-2-3-5-9/h6-7,9H,2-5H2,1H3,(H,15,16)(H,17,18). The number of carbonyl (C=O) groups is 2. The van der Waals surface area contributed by atoms with Crippen molar-refractivity contribution in [3.05, 3.63) is 34.4 Å². The Morgan fingerprint density at radius 3 is 2.22 bits per heavy atom. The number of carboxylic acids is 2. The highest BCUT2D eigenvalue weighted by molar-refractivity contribution is 5.98. The van der Waals surface area contributed by atoms with Gasteiger partial charge in [-0.3, -0.25) is 0 Å². The average molecular weight is 248 g/mol. The Morgan fingerprint density at radius 2 is 1.72 bits per heavy atom.